The van der Waals surface area contributed by atoms with E-state index in [0.29, 0.717) is 18.5 Å². The van der Waals surface area contributed by atoms with E-state index in [2.05, 4.69) is 14.7 Å². The highest BCUT2D eigenvalue weighted by atomic mass is 32.2. The number of rotatable bonds is 5. The van der Waals surface area contributed by atoms with Gasteiger partial charge in [-0.15, -0.1) is 0 Å². The molecule has 1 aromatic carbocycles. The minimum atomic E-state index is -3.35. The van der Waals surface area contributed by atoms with E-state index in [1.807, 2.05) is 43.3 Å². The van der Waals surface area contributed by atoms with Gasteiger partial charge in [-0.05, 0) is 25.0 Å². The van der Waals surface area contributed by atoms with Crippen LogP contribution in [0.3, 0.4) is 0 Å². The van der Waals surface area contributed by atoms with Gasteiger partial charge in [0.2, 0.25) is 10.0 Å². The largest absolute Gasteiger partial charge is 0.378 e. The Labute approximate surface area is 130 Å². The van der Waals surface area contributed by atoms with Gasteiger partial charge in [-0.2, -0.15) is 0 Å². The van der Waals surface area contributed by atoms with E-state index < -0.39 is 10.0 Å². The molecule has 0 bridgehead atoms. The van der Waals surface area contributed by atoms with E-state index in [9.17, 15) is 8.42 Å². The molecule has 1 heterocycles. The summed E-state index contributed by atoms with van der Waals surface area (Å²) in [5.74, 6) is 0.284. The lowest BCUT2D eigenvalue weighted by Gasteiger charge is -2.14. The predicted molar refractivity (Wildman–Crippen MR) is 87.4 cm³/mol. The fourth-order valence-electron chi connectivity index (χ4n) is 2.14. The first-order chi connectivity index (χ1) is 10.5. The number of hydrogen-bond acceptors (Lipinski definition) is 5. The van der Waals surface area contributed by atoms with E-state index in [4.69, 9.17) is 0 Å². The lowest BCUT2D eigenvalue weighted by molar-refractivity contribution is 0.600. The number of anilines is 2. The summed E-state index contributed by atoms with van der Waals surface area (Å²) in [5.41, 5.74) is 2.43. The molecule has 0 radical (unpaired) electrons. The van der Waals surface area contributed by atoms with Crippen molar-refractivity contribution in [3.8, 4) is 11.3 Å². The van der Waals surface area contributed by atoms with Gasteiger partial charge in [0.1, 0.15) is 5.69 Å². The first-order valence-corrected chi connectivity index (χ1v) is 8.62. The second-order valence-electron chi connectivity index (χ2n) is 5.54. The Morgan fingerprint density at radius 1 is 1.09 bits per heavy atom. The van der Waals surface area contributed by atoms with Gasteiger partial charge in [-0.25, -0.2) is 13.4 Å². The van der Waals surface area contributed by atoms with Crippen LogP contribution in [0.4, 0.5) is 11.5 Å². The van der Waals surface area contributed by atoms with Crippen molar-refractivity contribution in [3.05, 3.63) is 36.7 Å². The summed E-state index contributed by atoms with van der Waals surface area (Å²) in [5, 5.41) is -0.293. The first kappa shape index (κ1) is 14.8. The quantitative estimate of drug-likeness (QED) is 0.914. The molecule has 1 N–H and O–H groups in total. The van der Waals surface area contributed by atoms with Crippen molar-refractivity contribution in [2.45, 2.75) is 18.1 Å². The summed E-state index contributed by atoms with van der Waals surface area (Å²) >= 11 is 0. The van der Waals surface area contributed by atoms with Crippen LogP contribution in [0, 0.1) is 0 Å². The highest BCUT2D eigenvalue weighted by Gasteiger charge is 2.36. The molecule has 0 spiro atoms. The molecular weight excluding hydrogens is 300 g/mol. The van der Waals surface area contributed by atoms with Crippen molar-refractivity contribution in [1.29, 1.82) is 0 Å². The molecular formula is C15H18N4O2S. The second kappa shape index (κ2) is 5.57. The summed E-state index contributed by atoms with van der Waals surface area (Å²) < 4.78 is 26.8. The standard InChI is InChI=1S/C15H18N4O2S/c1-19(2)12-5-3-11(4-6-12)14-15(17-10-9-16-14)18-22(20,21)13-7-8-13/h3-6,9-10,13H,7-8H2,1-2H3,(H,17,18). The molecule has 22 heavy (non-hydrogen) atoms. The van der Waals surface area contributed by atoms with Gasteiger partial charge in [-0.1, -0.05) is 12.1 Å². The van der Waals surface area contributed by atoms with Gasteiger partial charge in [0.25, 0.3) is 0 Å². The van der Waals surface area contributed by atoms with E-state index in [1.54, 1.807) is 6.20 Å². The number of hydrogen-bond donors (Lipinski definition) is 1. The van der Waals surface area contributed by atoms with Gasteiger partial charge in [0.15, 0.2) is 5.82 Å². The van der Waals surface area contributed by atoms with E-state index in [-0.39, 0.29) is 11.1 Å². The minimum absolute atomic E-state index is 0.284. The van der Waals surface area contributed by atoms with Crippen molar-refractivity contribution in [2.24, 2.45) is 0 Å². The number of benzene rings is 1. The van der Waals surface area contributed by atoms with Gasteiger partial charge in [0.05, 0.1) is 5.25 Å². The van der Waals surface area contributed by atoms with Crippen LogP contribution in [0.5, 0.6) is 0 Å². The molecule has 116 valence electrons. The SMILES string of the molecule is CN(C)c1ccc(-c2nccnc2NS(=O)(=O)C2CC2)cc1. The molecule has 0 unspecified atom stereocenters. The first-order valence-electron chi connectivity index (χ1n) is 7.08. The molecule has 3 rings (SSSR count). The maximum absolute atomic E-state index is 12.1. The van der Waals surface area contributed by atoms with Crippen LogP contribution in [0.25, 0.3) is 11.3 Å². The Balaban J connectivity index is 1.93. The summed E-state index contributed by atoms with van der Waals surface area (Å²) in [6, 6.07) is 7.74. The monoisotopic (exact) mass is 318 g/mol. The van der Waals surface area contributed by atoms with Crippen LogP contribution in [-0.2, 0) is 10.0 Å². The molecule has 0 amide bonds. The molecule has 0 aliphatic heterocycles. The molecule has 1 aromatic heterocycles. The number of nitrogens with zero attached hydrogens (tertiary/aromatic N) is 3. The molecule has 1 fully saturated rings. The zero-order chi connectivity index (χ0) is 15.7. The number of sulfonamides is 1. The van der Waals surface area contributed by atoms with Gasteiger partial charge in [-0.3, -0.25) is 9.71 Å². The lowest BCUT2D eigenvalue weighted by Crippen LogP contribution is -2.19. The van der Waals surface area contributed by atoms with Crippen molar-refractivity contribution in [2.75, 3.05) is 23.7 Å². The number of aromatic nitrogens is 2. The third kappa shape index (κ3) is 3.04. The number of nitrogens with one attached hydrogen (secondary N) is 1. The van der Waals surface area contributed by atoms with Crippen LogP contribution in [0.1, 0.15) is 12.8 Å². The van der Waals surface area contributed by atoms with E-state index >= 15 is 0 Å². The zero-order valence-corrected chi connectivity index (χ0v) is 13.3. The molecule has 7 heteroatoms. The van der Waals surface area contributed by atoms with Crippen LogP contribution < -0.4 is 9.62 Å². The third-order valence-electron chi connectivity index (χ3n) is 3.56. The van der Waals surface area contributed by atoms with Crippen LogP contribution in [0.2, 0.25) is 0 Å². The fraction of sp³-hybridized carbons (Fsp3) is 0.333. The zero-order valence-electron chi connectivity index (χ0n) is 12.5. The highest BCUT2D eigenvalue weighted by molar-refractivity contribution is 7.93. The van der Waals surface area contributed by atoms with Crippen LogP contribution in [-0.4, -0.2) is 37.7 Å². The maximum atomic E-state index is 12.1. The minimum Gasteiger partial charge on any atom is -0.378 e. The molecule has 0 saturated heterocycles. The van der Waals surface area contributed by atoms with Crippen molar-refractivity contribution >= 4 is 21.5 Å². The molecule has 6 nitrogen and oxygen atoms in total. The average Bonchev–Trinajstić information content (AvgIpc) is 3.33. The average molecular weight is 318 g/mol. The smallest absolute Gasteiger partial charge is 0.236 e. The lowest BCUT2D eigenvalue weighted by atomic mass is 10.1. The Bertz CT molecular complexity index is 768. The summed E-state index contributed by atoms with van der Waals surface area (Å²) in [6.07, 6.45) is 4.47. The summed E-state index contributed by atoms with van der Waals surface area (Å²) in [6.45, 7) is 0. The van der Waals surface area contributed by atoms with E-state index in [1.165, 1.54) is 6.20 Å². The Hall–Kier alpha value is -2.15. The maximum Gasteiger partial charge on any atom is 0.236 e. The van der Waals surface area contributed by atoms with Crippen molar-refractivity contribution in [3.63, 3.8) is 0 Å². The predicted octanol–water partition coefficient (Wildman–Crippen LogP) is 2.11. The molecule has 1 saturated carbocycles. The van der Waals surface area contributed by atoms with Gasteiger partial charge < -0.3 is 4.90 Å². The van der Waals surface area contributed by atoms with Gasteiger partial charge in [0, 0.05) is 37.7 Å². The molecule has 1 aliphatic carbocycles. The Morgan fingerprint density at radius 3 is 2.32 bits per heavy atom. The topological polar surface area (TPSA) is 75.2 Å². The Morgan fingerprint density at radius 2 is 1.73 bits per heavy atom. The highest BCUT2D eigenvalue weighted by Crippen LogP contribution is 2.32. The second-order valence-corrected chi connectivity index (χ2v) is 7.50. The van der Waals surface area contributed by atoms with Crippen molar-refractivity contribution in [1.82, 2.24) is 9.97 Å². The van der Waals surface area contributed by atoms with Gasteiger partial charge >= 0.3 is 0 Å². The summed E-state index contributed by atoms with van der Waals surface area (Å²) in [4.78, 5) is 10.4. The fourth-order valence-corrected chi connectivity index (χ4v) is 3.48. The van der Waals surface area contributed by atoms with Crippen LogP contribution in [0.15, 0.2) is 36.7 Å². The van der Waals surface area contributed by atoms with E-state index in [0.717, 1.165) is 11.3 Å². The molecule has 1 aliphatic rings. The molecule has 0 atom stereocenters. The third-order valence-corrected chi connectivity index (χ3v) is 5.38. The van der Waals surface area contributed by atoms with Crippen molar-refractivity contribution < 1.29 is 8.42 Å². The normalized spacial score (nSPS) is 14.6. The van der Waals surface area contributed by atoms with Crippen LogP contribution >= 0.6 is 0 Å². The molecule has 2 aromatic rings. The Kier molecular flexibility index (Phi) is 3.74. The summed E-state index contributed by atoms with van der Waals surface area (Å²) in [7, 11) is 0.577.